The van der Waals surface area contributed by atoms with Gasteiger partial charge < -0.3 is 25.5 Å². The maximum Gasteiger partial charge on any atom is 0.231 e. The fourth-order valence-corrected chi connectivity index (χ4v) is 2.81. The summed E-state index contributed by atoms with van der Waals surface area (Å²) >= 11 is 0. The first-order valence-corrected chi connectivity index (χ1v) is 9.11. The van der Waals surface area contributed by atoms with Crippen LogP contribution in [0.1, 0.15) is 11.1 Å². The minimum absolute atomic E-state index is 0.421. The molecule has 0 aliphatic rings. The van der Waals surface area contributed by atoms with Gasteiger partial charge in [0.05, 0.1) is 26.1 Å². The third kappa shape index (κ3) is 5.02. The molecule has 2 heterocycles. The summed E-state index contributed by atoms with van der Waals surface area (Å²) in [6.45, 7) is 2.57. The van der Waals surface area contributed by atoms with E-state index in [9.17, 15) is 0 Å². The van der Waals surface area contributed by atoms with Crippen molar-refractivity contribution in [1.29, 1.82) is 0 Å². The lowest BCUT2D eigenvalue weighted by Gasteiger charge is -2.15. The minimum atomic E-state index is 0.421. The van der Waals surface area contributed by atoms with Crippen LogP contribution in [0.4, 0.5) is 23.3 Å². The molecule has 0 atom stereocenters. The van der Waals surface area contributed by atoms with E-state index in [2.05, 4.69) is 31.0 Å². The van der Waals surface area contributed by atoms with E-state index in [1.54, 1.807) is 26.6 Å². The smallest absolute Gasteiger partial charge is 0.231 e. The summed E-state index contributed by atoms with van der Waals surface area (Å²) in [7, 11) is 3.25. The molecular weight excluding hydrogens is 370 g/mol. The molecule has 0 aliphatic heterocycles. The average molecular weight is 395 g/mol. The minimum Gasteiger partial charge on any atom is -0.493 e. The molecule has 1 aromatic carbocycles. The van der Waals surface area contributed by atoms with E-state index in [1.165, 1.54) is 0 Å². The molecule has 0 unspecified atom stereocenters. The van der Waals surface area contributed by atoms with Crippen molar-refractivity contribution < 1.29 is 9.47 Å². The molecular formula is C20H25N7O2. The van der Waals surface area contributed by atoms with E-state index < -0.39 is 0 Å². The summed E-state index contributed by atoms with van der Waals surface area (Å²) in [5, 5.41) is 6.49. The second-order valence-electron chi connectivity index (χ2n) is 6.25. The van der Waals surface area contributed by atoms with Crippen LogP contribution in [0.5, 0.6) is 11.5 Å². The normalized spacial score (nSPS) is 10.3. The van der Waals surface area contributed by atoms with E-state index >= 15 is 0 Å². The van der Waals surface area contributed by atoms with Gasteiger partial charge in [-0.1, -0.05) is 6.07 Å². The number of hydrazine groups is 1. The van der Waals surface area contributed by atoms with Crippen molar-refractivity contribution >= 4 is 23.3 Å². The number of rotatable bonds is 9. The number of ether oxygens (including phenoxy) is 2. The van der Waals surface area contributed by atoms with Gasteiger partial charge in [-0.3, -0.25) is 4.98 Å². The highest BCUT2D eigenvalue weighted by Crippen LogP contribution is 2.28. The Kier molecular flexibility index (Phi) is 6.64. The highest BCUT2D eigenvalue weighted by Gasteiger charge is 2.11. The summed E-state index contributed by atoms with van der Waals surface area (Å²) in [6.07, 6.45) is 4.18. The highest BCUT2D eigenvalue weighted by molar-refractivity contribution is 5.62. The largest absolute Gasteiger partial charge is 0.493 e. The van der Waals surface area contributed by atoms with Gasteiger partial charge in [-0.15, -0.1) is 0 Å². The molecule has 0 aliphatic carbocycles. The van der Waals surface area contributed by atoms with Crippen LogP contribution in [0.25, 0.3) is 0 Å². The first-order valence-electron chi connectivity index (χ1n) is 9.11. The van der Waals surface area contributed by atoms with E-state index in [4.69, 9.17) is 15.3 Å². The number of anilines is 4. The van der Waals surface area contributed by atoms with Gasteiger partial charge in [0.25, 0.3) is 0 Å². The fourth-order valence-electron chi connectivity index (χ4n) is 2.81. The van der Waals surface area contributed by atoms with Crippen molar-refractivity contribution in [3.8, 4) is 11.5 Å². The Balaban J connectivity index is 1.72. The number of pyridine rings is 1. The van der Waals surface area contributed by atoms with Gasteiger partial charge in [0.1, 0.15) is 5.82 Å². The Hall–Kier alpha value is -3.59. The van der Waals surface area contributed by atoms with Gasteiger partial charge in [-0.05, 0) is 43.2 Å². The zero-order valence-electron chi connectivity index (χ0n) is 16.7. The highest BCUT2D eigenvalue weighted by atomic mass is 16.5. The molecule has 0 amide bonds. The predicted octanol–water partition coefficient (Wildman–Crippen LogP) is 2.88. The number of methoxy groups -OCH3 is 2. The Morgan fingerprint density at radius 3 is 2.52 bits per heavy atom. The van der Waals surface area contributed by atoms with E-state index in [1.807, 2.05) is 37.3 Å². The van der Waals surface area contributed by atoms with Crippen LogP contribution in [0.3, 0.4) is 0 Å². The van der Waals surface area contributed by atoms with Gasteiger partial charge in [0, 0.05) is 18.3 Å². The molecule has 0 spiro atoms. The molecule has 0 bridgehead atoms. The van der Waals surface area contributed by atoms with Crippen LogP contribution in [0.15, 0.2) is 42.7 Å². The number of nitrogens with one attached hydrogen (secondary N) is 3. The Labute approximate surface area is 169 Å². The quantitative estimate of drug-likeness (QED) is 0.320. The molecule has 0 fully saturated rings. The van der Waals surface area contributed by atoms with Crippen molar-refractivity contribution in [2.45, 2.75) is 13.3 Å². The lowest BCUT2D eigenvalue weighted by Crippen LogP contribution is -2.15. The standard InChI is InChI=1S/C20H25N7O2/c1-13-18(23-10-8-14-6-7-16(28-2)17(11-14)29-3)25-20(26-19(13)27-21)24-15-5-4-9-22-12-15/h4-7,9,11-12H,8,10,21H2,1-3H3,(H3,23,24,25,26,27). The number of benzene rings is 1. The molecule has 9 nitrogen and oxygen atoms in total. The van der Waals surface area contributed by atoms with Crippen LogP contribution in [0, 0.1) is 6.92 Å². The monoisotopic (exact) mass is 395 g/mol. The van der Waals surface area contributed by atoms with Crippen molar-refractivity contribution in [3.63, 3.8) is 0 Å². The van der Waals surface area contributed by atoms with Crippen LogP contribution in [0.2, 0.25) is 0 Å². The summed E-state index contributed by atoms with van der Waals surface area (Å²) < 4.78 is 10.6. The first-order chi connectivity index (χ1) is 14.1. The summed E-state index contributed by atoms with van der Waals surface area (Å²) in [6, 6.07) is 9.60. The zero-order chi connectivity index (χ0) is 20.6. The number of nitrogens with zero attached hydrogens (tertiary/aromatic N) is 3. The maximum absolute atomic E-state index is 5.63. The first kappa shape index (κ1) is 20.2. The number of aromatic nitrogens is 3. The SMILES string of the molecule is COc1ccc(CCNc2nc(Nc3cccnc3)nc(NN)c2C)cc1OC. The number of nitrogens with two attached hydrogens (primary N) is 1. The Morgan fingerprint density at radius 2 is 1.83 bits per heavy atom. The maximum atomic E-state index is 5.63. The van der Waals surface area contributed by atoms with E-state index in [0.717, 1.165) is 23.2 Å². The lowest BCUT2D eigenvalue weighted by molar-refractivity contribution is 0.354. The molecule has 3 aromatic rings. The van der Waals surface area contributed by atoms with Gasteiger partial charge in [-0.2, -0.15) is 9.97 Å². The Bertz CT molecular complexity index is 951. The summed E-state index contributed by atoms with van der Waals surface area (Å²) in [5.41, 5.74) is 5.36. The molecule has 0 saturated heterocycles. The van der Waals surface area contributed by atoms with Gasteiger partial charge >= 0.3 is 0 Å². The van der Waals surface area contributed by atoms with Crippen LogP contribution in [-0.4, -0.2) is 35.7 Å². The molecule has 5 N–H and O–H groups in total. The molecule has 0 saturated carbocycles. The number of nitrogen functional groups attached to an aromatic ring is 1. The van der Waals surface area contributed by atoms with Crippen molar-refractivity contribution in [1.82, 2.24) is 15.0 Å². The topological polar surface area (TPSA) is 119 Å². The number of hydrogen-bond acceptors (Lipinski definition) is 9. The number of hydrogen-bond donors (Lipinski definition) is 4. The summed E-state index contributed by atoms with van der Waals surface area (Å²) in [4.78, 5) is 13.0. The van der Waals surface area contributed by atoms with Crippen molar-refractivity contribution in [2.75, 3.05) is 36.8 Å². The predicted molar refractivity (Wildman–Crippen MR) is 114 cm³/mol. The molecule has 29 heavy (non-hydrogen) atoms. The zero-order valence-corrected chi connectivity index (χ0v) is 16.7. The second kappa shape index (κ2) is 9.56. The molecule has 152 valence electrons. The van der Waals surface area contributed by atoms with Crippen LogP contribution in [-0.2, 0) is 6.42 Å². The molecule has 9 heteroatoms. The third-order valence-corrected chi connectivity index (χ3v) is 4.35. The van der Waals surface area contributed by atoms with Gasteiger partial charge in [0.15, 0.2) is 17.3 Å². The molecule has 2 aromatic heterocycles. The van der Waals surface area contributed by atoms with Crippen LogP contribution < -0.4 is 31.4 Å². The van der Waals surface area contributed by atoms with E-state index in [0.29, 0.717) is 35.6 Å². The summed E-state index contributed by atoms with van der Waals surface area (Å²) in [5.74, 6) is 8.70. The van der Waals surface area contributed by atoms with Crippen LogP contribution >= 0.6 is 0 Å². The Morgan fingerprint density at radius 1 is 1.03 bits per heavy atom. The van der Waals surface area contributed by atoms with E-state index in [-0.39, 0.29) is 0 Å². The molecule has 3 rings (SSSR count). The molecule has 0 radical (unpaired) electrons. The second-order valence-corrected chi connectivity index (χ2v) is 6.25. The van der Waals surface area contributed by atoms with Gasteiger partial charge in [0.2, 0.25) is 5.95 Å². The lowest BCUT2D eigenvalue weighted by atomic mass is 10.1. The van der Waals surface area contributed by atoms with Gasteiger partial charge in [-0.25, -0.2) is 5.84 Å². The van der Waals surface area contributed by atoms with Crippen molar-refractivity contribution in [3.05, 3.63) is 53.9 Å². The fraction of sp³-hybridized carbons (Fsp3) is 0.250. The van der Waals surface area contributed by atoms with Crippen molar-refractivity contribution in [2.24, 2.45) is 5.84 Å². The average Bonchev–Trinajstić information content (AvgIpc) is 2.76. The third-order valence-electron chi connectivity index (χ3n) is 4.35.